The standard InChI is InChI=1S/C30H30Cl2N6O4.C30H31N5O4.C16H18N4O3/c1-19-4-6-22(17-33-19)42-27-7-5-21(14-24(27)32)36-29-23-15-26(37-30(39)20(2)31)28(16-25(23)34-18-35-29)41-11-3-8-38-9-12-40-13-10-38;1-2-29(36)34-27-19-25-26(20-28(27)38-16-6-13-35-14-17-37-18-15-35)31-21-32-30(25)33-22-9-11-24(12-10-22)39-23-7-4-3-5-8-23;1-3-15(21)20-13-6-11-12(18-9-19-16(11)17-2)7-14(13)23-10-4-5-22-8-10/h4-7,14-18H,2-3,8-13H2,1H3,(H,37,39)(H,34,35,36);2-5,7-12,19-21H,1,6,13-18H2,(H,34,36)(H,31,32,33);3,6-7,9-10H,1,4-5,8H2,2H3,(H,20,21)(H,17,18,19)/t;;10-/m..0/s1. The molecule has 4 aromatic heterocycles. The van der Waals surface area contributed by atoms with Gasteiger partial charge < -0.3 is 69.8 Å². The predicted molar refractivity (Wildman–Crippen MR) is 404 cm³/mol. The number of carbonyl (C=O) groups excluding carboxylic acids is 3. The van der Waals surface area contributed by atoms with E-state index >= 15 is 0 Å². The number of halogens is 2. The van der Waals surface area contributed by atoms with E-state index in [-0.39, 0.29) is 23.0 Å². The number of hydrogen-bond acceptors (Lipinski definition) is 23. The molecule has 3 aliphatic heterocycles. The van der Waals surface area contributed by atoms with E-state index in [4.69, 9.17) is 61.1 Å². The lowest BCUT2D eigenvalue weighted by Gasteiger charge is -2.26. The van der Waals surface area contributed by atoms with Crippen LogP contribution in [0, 0.1) is 6.92 Å². The summed E-state index contributed by atoms with van der Waals surface area (Å²) >= 11 is 12.4. The second-order valence-electron chi connectivity index (χ2n) is 23.7. The second kappa shape index (κ2) is 37.2. The zero-order valence-corrected chi connectivity index (χ0v) is 59.0. The number of carbonyl (C=O) groups is 3. The lowest BCUT2D eigenvalue weighted by molar-refractivity contribution is -0.113. The van der Waals surface area contributed by atoms with Crippen molar-refractivity contribution in [1.82, 2.24) is 44.7 Å². The highest BCUT2D eigenvalue weighted by atomic mass is 35.5. The van der Waals surface area contributed by atoms with Crippen molar-refractivity contribution in [3.8, 4) is 40.2 Å². The minimum Gasteiger partial charge on any atom is -0.491 e. The first kappa shape index (κ1) is 74.1. The third-order valence-electron chi connectivity index (χ3n) is 16.4. The summed E-state index contributed by atoms with van der Waals surface area (Å²) in [6, 6.07) is 37.0. The van der Waals surface area contributed by atoms with Crippen molar-refractivity contribution in [1.29, 1.82) is 0 Å². The third-order valence-corrected chi connectivity index (χ3v) is 16.8. The van der Waals surface area contributed by atoms with Crippen LogP contribution in [0.1, 0.15) is 25.0 Å². The Hall–Kier alpha value is -11.1. The van der Waals surface area contributed by atoms with Crippen LogP contribution in [-0.2, 0) is 28.6 Å². The van der Waals surface area contributed by atoms with Crippen LogP contribution < -0.4 is 55.6 Å². The number of rotatable bonds is 27. The van der Waals surface area contributed by atoms with E-state index in [1.54, 1.807) is 49.6 Å². The number of nitrogens with one attached hydrogen (secondary N) is 6. The molecule has 3 amide bonds. The maximum Gasteiger partial charge on any atom is 0.266 e. The Morgan fingerprint density at radius 2 is 1.07 bits per heavy atom. The lowest BCUT2D eigenvalue weighted by Crippen LogP contribution is -2.37. The summed E-state index contributed by atoms with van der Waals surface area (Å²) in [5, 5.41) is 20.5. The first-order valence-electron chi connectivity index (χ1n) is 33.7. The fourth-order valence-corrected chi connectivity index (χ4v) is 11.3. The van der Waals surface area contributed by atoms with E-state index in [9.17, 15) is 14.4 Å². The smallest absolute Gasteiger partial charge is 0.266 e. The fraction of sp³-hybridized carbons (Fsp3) is 0.263. The van der Waals surface area contributed by atoms with E-state index in [1.807, 2.05) is 91.9 Å². The Morgan fingerprint density at radius 3 is 1.59 bits per heavy atom. The highest BCUT2D eigenvalue weighted by molar-refractivity contribution is 6.43. The molecule has 0 radical (unpaired) electrons. The van der Waals surface area contributed by atoms with Crippen molar-refractivity contribution in [2.75, 3.05) is 131 Å². The van der Waals surface area contributed by atoms with Crippen molar-refractivity contribution >= 4 is 120 Å². The van der Waals surface area contributed by atoms with Gasteiger partial charge in [0.1, 0.15) is 82.8 Å². The molecular weight excluding hydrogens is 1370 g/mol. The summed E-state index contributed by atoms with van der Waals surface area (Å²) in [4.78, 5) is 71.5. The fourth-order valence-electron chi connectivity index (χ4n) is 11.0. The monoisotopic (exact) mass is 1450 g/mol. The number of anilines is 8. The van der Waals surface area contributed by atoms with Gasteiger partial charge in [-0.25, -0.2) is 29.9 Å². The Balaban J connectivity index is 0.000000163. The van der Waals surface area contributed by atoms with Crippen molar-refractivity contribution in [2.45, 2.75) is 32.3 Å². The molecule has 3 aliphatic rings. The molecule has 3 fully saturated rings. The molecule has 0 spiro atoms. The summed E-state index contributed by atoms with van der Waals surface area (Å²) in [6.45, 7) is 23.2. The molecule has 7 heterocycles. The summed E-state index contributed by atoms with van der Waals surface area (Å²) in [7, 11) is 1.78. The number of nitrogens with zero attached hydrogens (tertiary/aromatic N) is 9. The van der Waals surface area contributed by atoms with Crippen LogP contribution in [0.3, 0.4) is 0 Å². The number of benzene rings is 6. The van der Waals surface area contributed by atoms with E-state index in [0.29, 0.717) is 117 Å². The van der Waals surface area contributed by atoms with Crippen molar-refractivity contribution < 1.29 is 52.3 Å². The second-order valence-corrected chi connectivity index (χ2v) is 24.6. The quantitative estimate of drug-likeness (QED) is 0.0206. The first-order chi connectivity index (χ1) is 50.7. The van der Waals surface area contributed by atoms with Crippen LogP contribution in [0.5, 0.6) is 40.2 Å². The maximum absolute atomic E-state index is 12.4. The normalized spacial score (nSPS) is 14.3. The molecule has 104 heavy (non-hydrogen) atoms. The van der Waals surface area contributed by atoms with Gasteiger partial charge in [0.2, 0.25) is 11.8 Å². The number of hydrogen-bond donors (Lipinski definition) is 6. The highest BCUT2D eigenvalue weighted by Crippen LogP contribution is 2.39. The van der Waals surface area contributed by atoms with Gasteiger partial charge in [-0.2, -0.15) is 0 Å². The van der Waals surface area contributed by atoms with E-state index in [2.05, 4.69) is 96.3 Å². The summed E-state index contributed by atoms with van der Waals surface area (Å²) in [6.07, 6.45) is 11.0. The molecule has 0 bridgehead atoms. The van der Waals surface area contributed by atoms with Gasteiger partial charge in [-0.05, 0) is 117 Å². The average Bonchev–Trinajstić information content (AvgIpc) is 0.977. The molecule has 28 heteroatoms. The van der Waals surface area contributed by atoms with Gasteiger partial charge in [-0.3, -0.25) is 29.2 Å². The molecule has 3 saturated heterocycles. The molecule has 0 aliphatic carbocycles. The van der Waals surface area contributed by atoms with E-state index in [1.165, 1.54) is 31.1 Å². The molecule has 26 nitrogen and oxygen atoms in total. The summed E-state index contributed by atoms with van der Waals surface area (Å²) < 4.78 is 46.1. The minimum absolute atomic E-state index is 0.0301. The summed E-state index contributed by atoms with van der Waals surface area (Å²) in [5.74, 6) is 4.76. The number of pyridine rings is 1. The number of aromatic nitrogens is 7. The van der Waals surface area contributed by atoms with Gasteiger partial charge in [0.25, 0.3) is 5.91 Å². The molecule has 6 N–H and O–H groups in total. The van der Waals surface area contributed by atoms with Crippen LogP contribution in [-0.4, -0.2) is 168 Å². The Bertz CT molecular complexity index is 4620. The molecule has 6 aromatic carbocycles. The Morgan fingerprint density at radius 1 is 0.558 bits per heavy atom. The zero-order chi connectivity index (χ0) is 72.6. The van der Waals surface area contributed by atoms with Crippen molar-refractivity contribution in [3.05, 3.63) is 194 Å². The van der Waals surface area contributed by atoms with E-state index < -0.39 is 5.91 Å². The Labute approximate surface area is 611 Å². The maximum atomic E-state index is 12.4. The van der Waals surface area contributed by atoms with Gasteiger partial charge in [0, 0.05) is 104 Å². The largest absolute Gasteiger partial charge is 0.491 e. The van der Waals surface area contributed by atoms with Crippen molar-refractivity contribution in [3.63, 3.8) is 0 Å². The molecule has 1 atom stereocenters. The number of aryl methyl sites for hydroxylation is 1. The summed E-state index contributed by atoms with van der Waals surface area (Å²) in [5.41, 5.74) is 5.95. The van der Waals surface area contributed by atoms with Crippen molar-refractivity contribution in [2.24, 2.45) is 0 Å². The number of ether oxygens (including phenoxy) is 8. The van der Waals surface area contributed by atoms with Crippen LogP contribution in [0.2, 0.25) is 5.02 Å². The molecule has 538 valence electrons. The van der Waals surface area contributed by atoms with Gasteiger partial charge >= 0.3 is 0 Å². The van der Waals surface area contributed by atoms with Gasteiger partial charge in [0.15, 0.2) is 0 Å². The molecule has 13 rings (SSSR count). The Kier molecular flexibility index (Phi) is 26.5. The topological polar surface area (TPSA) is 294 Å². The number of para-hydroxylation sites is 1. The van der Waals surface area contributed by atoms with Crippen LogP contribution in [0.4, 0.5) is 45.9 Å². The predicted octanol–water partition coefficient (Wildman–Crippen LogP) is 13.7. The number of morpholine rings is 2. The van der Waals surface area contributed by atoms with Gasteiger partial charge in [0.05, 0.1) is 103 Å². The van der Waals surface area contributed by atoms with E-state index in [0.717, 1.165) is 124 Å². The zero-order valence-electron chi connectivity index (χ0n) is 57.5. The lowest BCUT2D eigenvalue weighted by atomic mass is 10.1. The highest BCUT2D eigenvalue weighted by Gasteiger charge is 2.23. The van der Waals surface area contributed by atoms with Crippen LogP contribution >= 0.6 is 23.2 Å². The molecule has 0 saturated carbocycles. The molecule has 0 unspecified atom stereocenters. The molecule has 10 aromatic rings. The van der Waals surface area contributed by atoms with Gasteiger partial charge in [-0.1, -0.05) is 61.1 Å². The number of fused-ring (bicyclic) bond motifs is 3. The molecular formula is C76H79Cl2N15O11. The van der Waals surface area contributed by atoms with Crippen LogP contribution in [0.15, 0.2) is 183 Å². The van der Waals surface area contributed by atoms with Gasteiger partial charge in [-0.15, -0.1) is 0 Å². The third kappa shape index (κ3) is 21.0. The SMILES string of the molecule is C=C(Cl)C(=O)Nc1cc2c(Nc3ccc(Oc4ccc(C)nc4)c(Cl)c3)ncnc2cc1OCCCN1CCOCC1.C=CC(=O)Nc1cc2c(NC)ncnc2cc1O[C@H]1CCOC1.C=CC(=O)Nc1cc2c(Nc3ccc(Oc4ccccc4)cc3)ncnc2cc1OCCCN1CCOCC1. The van der Waals surface area contributed by atoms with Crippen LogP contribution in [0.25, 0.3) is 32.7 Å². The first-order valence-corrected chi connectivity index (χ1v) is 34.4. The average molecular weight is 1450 g/mol. The number of amides is 3. The minimum atomic E-state index is -0.535.